The second kappa shape index (κ2) is 7.59. The highest BCUT2D eigenvalue weighted by Gasteiger charge is 2.08. The average molecular weight is 300 g/mol. The van der Waals surface area contributed by atoms with Gasteiger partial charge in [0.05, 0.1) is 6.42 Å². The Morgan fingerprint density at radius 2 is 1.73 bits per heavy atom. The van der Waals surface area contributed by atoms with Crippen LogP contribution in [-0.2, 0) is 11.2 Å². The molecule has 0 heterocycles. The summed E-state index contributed by atoms with van der Waals surface area (Å²) in [6, 6.07) is 14.2. The van der Waals surface area contributed by atoms with Gasteiger partial charge in [-0.25, -0.2) is 4.39 Å². The zero-order valence-corrected chi connectivity index (χ0v) is 12.9. The number of halogens is 1. The first-order valence-corrected chi connectivity index (χ1v) is 7.48. The topological polar surface area (TPSA) is 41.1 Å². The Kier molecular flexibility index (Phi) is 5.53. The summed E-state index contributed by atoms with van der Waals surface area (Å²) >= 11 is 0. The van der Waals surface area contributed by atoms with Crippen LogP contribution in [0.5, 0.6) is 0 Å². The lowest BCUT2D eigenvalue weighted by Crippen LogP contribution is -2.15. The standard InChI is InChI=1S/C18H21FN2O/c1-3-13(2)20-15-8-10-16(11-9-15)21-18(22)12-14-6-4-5-7-17(14)19/h4-11,13,20H,3,12H2,1-2H3,(H,21,22). The lowest BCUT2D eigenvalue weighted by molar-refractivity contribution is -0.115. The van der Waals surface area contributed by atoms with Gasteiger partial charge in [0.1, 0.15) is 5.82 Å². The minimum Gasteiger partial charge on any atom is -0.383 e. The summed E-state index contributed by atoms with van der Waals surface area (Å²) < 4.78 is 13.5. The van der Waals surface area contributed by atoms with E-state index in [4.69, 9.17) is 0 Å². The van der Waals surface area contributed by atoms with Gasteiger partial charge in [-0.15, -0.1) is 0 Å². The molecule has 0 spiro atoms. The van der Waals surface area contributed by atoms with E-state index in [-0.39, 0.29) is 18.1 Å². The van der Waals surface area contributed by atoms with Crippen LogP contribution in [0, 0.1) is 5.82 Å². The van der Waals surface area contributed by atoms with Crippen molar-refractivity contribution in [2.45, 2.75) is 32.7 Å². The fourth-order valence-electron chi connectivity index (χ4n) is 2.06. The second-order valence-electron chi connectivity index (χ2n) is 5.35. The van der Waals surface area contributed by atoms with Crippen molar-refractivity contribution in [2.75, 3.05) is 10.6 Å². The molecule has 0 aromatic heterocycles. The van der Waals surface area contributed by atoms with E-state index in [9.17, 15) is 9.18 Å². The van der Waals surface area contributed by atoms with Crippen LogP contribution in [0.3, 0.4) is 0 Å². The molecule has 0 saturated heterocycles. The van der Waals surface area contributed by atoms with E-state index < -0.39 is 0 Å². The minimum atomic E-state index is -0.356. The van der Waals surface area contributed by atoms with Crippen LogP contribution in [0.4, 0.5) is 15.8 Å². The molecule has 22 heavy (non-hydrogen) atoms. The molecule has 2 aromatic rings. The third-order valence-corrected chi connectivity index (χ3v) is 3.50. The number of nitrogens with one attached hydrogen (secondary N) is 2. The van der Waals surface area contributed by atoms with E-state index in [0.29, 0.717) is 17.3 Å². The monoisotopic (exact) mass is 300 g/mol. The fourth-order valence-corrected chi connectivity index (χ4v) is 2.06. The lowest BCUT2D eigenvalue weighted by atomic mass is 10.1. The molecule has 0 radical (unpaired) electrons. The van der Waals surface area contributed by atoms with E-state index in [1.165, 1.54) is 6.07 Å². The van der Waals surface area contributed by atoms with Crippen LogP contribution in [0.2, 0.25) is 0 Å². The molecule has 2 aromatic carbocycles. The predicted octanol–water partition coefficient (Wildman–Crippen LogP) is 4.22. The van der Waals surface area contributed by atoms with Crippen molar-refractivity contribution in [1.29, 1.82) is 0 Å². The molecule has 2 rings (SSSR count). The van der Waals surface area contributed by atoms with Gasteiger partial charge in [0, 0.05) is 17.4 Å². The van der Waals surface area contributed by atoms with E-state index in [2.05, 4.69) is 24.5 Å². The maximum Gasteiger partial charge on any atom is 0.228 e. The van der Waals surface area contributed by atoms with Gasteiger partial charge >= 0.3 is 0 Å². The Hall–Kier alpha value is -2.36. The summed E-state index contributed by atoms with van der Waals surface area (Å²) in [4.78, 5) is 11.9. The molecule has 0 aliphatic rings. The third-order valence-electron chi connectivity index (χ3n) is 3.50. The van der Waals surface area contributed by atoms with Gasteiger partial charge in [-0.3, -0.25) is 4.79 Å². The number of carbonyl (C=O) groups is 1. The fraction of sp³-hybridized carbons (Fsp3) is 0.278. The summed E-state index contributed by atoms with van der Waals surface area (Å²) in [7, 11) is 0. The van der Waals surface area contributed by atoms with Gasteiger partial charge < -0.3 is 10.6 Å². The average Bonchev–Trinajstić information content (AvgIpc) is 2.51. The summed E-state index contributed by atoms with van der Waals surface area (Å²) in [5.41, 5.74) is 2.12. The molecule has 2 N–H and O–H groups in total. The molecule has 0 aliphatic carbocycles. The second-order valence-corrected chi connectivity index (χ2v) is 5.35. The quantitative estimate of drug-likeness (QED) is 0.838. The van der Waals surface area contributed by atoms with Gasteiger partial charge in [-0.1, -0.05) is 25.1 Å². The smallest absolute Gasteiger partial charge is 0.228 e. The van der Waals surface area contributed by atoms with Crippen LogP contribution in [0.15, 0.2) is 48.5 Å². The third kappa shape index (κ3) is 4.58. The van der Waals surface area contributed by atoms with Gasteiger partial charge in [0.15, 0.2) is 0 Å². The molecular formula is C18H21FN2O. The Morgan fingerprint density at radius 3 is 2.36 bits per heavy atom. The minimum absolute atomic E-state index is 0.0273. The number of hydrogen-bond acceptors (Lipinski definition) is 2. The van der Waals surface area contributed by atoms with Crippen molar-refractivity contribution < 1.29 is 9.18 Å². The molecule has 0 saturated carbocycles. The van der Waals surface area contributed by atoms with Crippen molar-refractivity contribution >= 4 is 17.3 Å². The molecule has 0 bridgehead atoms. The highest BCUT2D eigenvalue weighted by Crippen LogP contribution is 2.16. The molecule has 1 atom stereocenters. The maximum absolute atomic E-state index is 13.5. The Morgan fingerprint density at radius 1 is 1.09 bits per heavy atom. The summed E-state index contributed by atoms with van der Waals surface area (Å²) in [5, 5.41) is 6.14. The lowest BCUT2D eigenvalue weighted by Gasteiger charge is -2.13. The van der Waals surface area contributed by atoms with Crippen molar-refractivity contribution in [2.24, 2.45) is 0 Å². The zero-order chi connectivity index (χ0) is 15.9. The highest BCUT2D eigenvalue weighted by atomic mass is 19.1. The van der Waals surface area contributed by atoms with Crippen LogP contribution in [0.25, 0.3) is 0 Å². The SMILES string of the molecule is CCC(C)Nc1ccc(NC(=O)Cc2ccccc2F)cc1. The Bertz CT molecular complexity index is 625. The summed E-state index contributed by atoms with van der Waals surface area (Å²) in [6.07, 6.45) is 1.07. The van der Waals surface area contributed by atoms with Gasteiger partial charge in [0.2, 0.25) is 5.91 Å². The molecule has 1 amide bonds. The van der Waals surface area contributed by atoms with E-state index in [1.807, 2.05) is 24.3 Å². The number of rotatable bonds is 6. The number of amides is 1. The molecular weight excluding hydrogens is 279 g/mol. The first-order chi connectivity index (χ1) is 10.6. The van der Waals surface area contributed by atoms with Crippen LogP contribution >= 0.6 is 0 Å². The molecule has 0 aliphatic heterocycles. The van der Waals surface area contributed by atoms with Crippen LogP contribution < -0.4 is 10.6 Å². The van der Waals surface area contributed by atoms with Gasteiger partial charge in [-0.05, 0) is 49.2 Å². The molecule has 0 fully saturated rings. The van der Waals surface area contributed by atoms with Crippen molar-refractivity contribution in [1.82, 2.24) is 0 Å². The normalized spacial score (nSPS) is 11.8. The summed E-state index contributed by atoms with van der Waals surface area (Å²) in [6.45, 7) is 4.24. The van der Waals surface area contributed by atoms with E-state index in [1.54, 1.807) is 18.2 Å². The molecule has 1 unspecified atom stereocenters. The first kappa shape index (κ1) is 16.0. The number of benzene rings is 2. The molecule has 116 valence electrons. The predicted molar refractivity (Wildman–Crippen MR) is 88.6 cm³/mol. The zero-order valence-electron chi connectivity index (χ0n) is 12.9. The number of carbonyl (C=O) groups excluding carboxylic acids is 1. The molecule has 4 heteroatoms. The van der Waals surface area contributed by atoms with Crippen LogP contribution in [0.1, 0.15) is 25.8 Å². The summed E-state index contributed by atoms with van der Waals surface area (Å²) in [5.74, 6) is -0.585. The maximum atomic E-state index is 13.5. The van der Waals surface area contributed by atoms with Crippen molar-refractivity contribution in [3.8, 4) is 0 Å². The number of hydrogen-bond donors (Lipinski definition) is 2. The van der Waals surface area contributed by atoms with Crippen LogP contribution in [-0.4, -0.2) is 11.9 Å². The Labute approximate surface area is 130 Å². The number of anilines is 2. The van der Waals surface area contributed by atoms with E-state index >= 15 is 0 Å². The van der Waals surface area contributed by atoms with Crippen molar-refractivity contribution in [3.63, 3.8) is 0 Å². The highest BCUT2D eigenvalue weighted by molar-refractivity contribution is 5.92. The van der Waals surface area contributed by atoms with Crippen molar-refractivity contribution in [3.05, 3.63) is 59.9 Å². The first-order valence-electron chi connectivity index (χ1n) is 7.48. The van der Waals surface area contributed by atoms with Gasteiger partial charge in [-0.2, -0.15) is 0 Å². The largest absolute Gasteiger partial charge is 0.383 e. The Balaban J connectivity index is 1.93. The molecule has 3 nitrogen and oxygen atoms in total. The van der Waals surface area contributed by atoms with E-state index in [0.717, 1.165) is 12.1 Å². The van der Waals surface area contributed by atoms with Gasteiger partial charge in [0.25, 0.3) is 0 Å².